The molecule has 2 atom stereocenters. The third-order valence-electron chi connectivity index (χ3n) is 5.60. The van der Waals surface area contributed by atoms with Gasteiger partial charge in [-0.15, -0.1) is 0 Å². The van der Waals surface area contributed by atoms with Gasteiger partial charge in [0, 0.05) is 26.4 Å². The Hall–Kier alpha value is -4.02. The van der Waals surface area contributed by atoms with Crippen LogP contribution in [0.5, 0.6) is 0 Å². The van der Waals surface area contributed by atoms with E-state index in [1.165, 1.54) is 10.9 Å². The van der Waals surface area contributed by atoms with Crippen LogP contribution >= 0.6 is 0 Å². The van der Waals surface area contributed by atoms with Crippen LogP contribution in [0.15, 0.2) is 40.6 Å². The van der Waals surface area contributed by atoms with E-state index >= 15 is 0 Å². The molecule has 2 unspecified atom stereocenters. The number of aromatic nitrogens is 5. The normalized spacial score (nSPS) is 17.4. The van der Waals surface area contributed by atoms with Gasteiger partial charge in [-0.05, 0) is 31.4 Å². The van der Waals surface area contributed by atoms with E-state index in [2.05, 4.69) is 35.6 Å². The van der Waals surface area contributed by atoms with Crippen molar-refractivity contribution < 1.29 is 9.18 Å². The zero-order chi connectivity index (χ0) is 24.4. The largest absolute Gasteiger partial charge is 0.349 e. The number of hydrogen-bond donors (Lipinski definition) is 2. The smallest absolute Gasteiger partial charge is 0.338 e. The molecule has 3 aromatic rings. The molecule has 1 aliphatic rings. The number of anilines is 3. The fraction of sp³-hybridized carbons (Fsp3) is 0.348. The number of aliphatic imine (C=N–C) groups is 1. The summed E-state index contributed by atoms with van der Waals surface area (Å²) >= 11 is 0. The van der Waals surface area contributed by atoms with Gasteiger partial charge >= 0.3 is 5.69 Å². The van der Waals surface area contributed by atoms with Crippen LogP contribution in [0, 0.1) is 12.8 Å². The van der Waals surface area contributed by atoms with E-state index in [-0.39, 0.29) is 18.1 Å². The quantitative estimate of drug-likeness (QED) is 0.515. The topological polar surface area (TPSA) is 127 Å². The molecule has 0 saturated heterocycles. The lowest BCUT2D eigenvalue weighted by Crippen LogP contribution is -2.21. The summed E-state index contributed by atoms with van der Waals surface area (Å²) in [6.07, 6.45) is 4.43. The molecule has 4 rings (SSSR count). The molecule has 0 spiro atoms. The van der Waals surface area contributed by atoms with Crippen LogP contribution in [0.1, 0.15) is 31.0 Å². The number of nitrogens with zero attached hydrogens (tertiary/aromatic N) is 6. The van der Waals surface area contributed by atoms with Crippen molar-refractivity contribution in [2.24, 2.45) is 18.0 Å². The van der Waals surface area contributed by atoms with E-state index in [4.69, 9.17) is 0 Å². The lowest BCUT2D eigenvalue weighted by molar-refractivity contribution is -0.117. The lowest BCUT2D eigenvalue weighted by Gasteiger charge is -2.14. The van der Waals surface area contributed by atoms with Gasteiger partial charge < -0.3 is 15.2 Å². The average Bonchev–Trinajstić information content (AvgIpc) is 3.55. The van der Waals surface area contributed by atoms with E-state index < -0.39 is 23.7 Å². The Kier molecular flexibility index (Phi) is 6.44. The molecule has 1 fully saturated rings. The van der Waals surface area contributed by atoms with Crippen LogP contribution in [-0.2, 0) is 11.8 Å². The summed E-state index contributed by atoms with van der Waals surface area (Å²) < 4.78 is 14.5. The molecule has 34 heavy (non-hydrogen) atoms. The Labute approximate surface area is 195 Å². The highest BCUT2D eigenvalue weighted by atomic mass is 19.1. The first kappa shape index (κ1) is 23.1. The van der Waals surface area contributed by atoms with Crippen LogP contribution in [0.2, 0.25) is 0 Å². The minimum atomic E-state index is -1.11. The third kappa shape index (κ3) is 4.82. The lowest BCUT2D eigenvalue weighted by atomic mass is 10.1. The van der Waals surface area contributed by atoms with Crippen molar-refractivity contribution in [1.82, 2.24) is 24.5 Å². The van der Waals surface area contributed by atoms with Gasteiger partial charge in [0.15, 0.2) is 0 Å². The van der Waals surface area contributed by atoms with Crippen molar-refractivity contribution in [2.45, 2.75) is 32.9 Å². The number of nitrogens with one attached hydrogen (secondary N) is 2. The molecule has 11 heteroatoms. The highest BCUT2D eigenvalue weighted by Gasteiger charge is 2.43. The van der Waals surface area contributed by atoms with E-state index in [0.717, 1.165) is 23.4 Å². The molecule has 1 aliphatic carbocycles. The molecule has 3 heterocycles. The van der Waals surface area contributed by atoms with Gasteiger partial charge in [0.05, 0.1) is 40.5 Å². The number of amides is 1. The van der Waals surface area contributed by atoms with Crippen LogP contribution in [0.25, 0.3) is 11.3 Å². The summed E-state index contributed by atoms with van der Waals surface area (Å²) in [6.45, 7) is 3.94. The Bertz CT molecular complexity index is 1340. The van der Waals surface area contributed by atoms with Crippen molar-refractivity contribution >= 4 is 28.9 Å². The first-order chi connectivity index (χ1) is 16.3. The van der Waals surface area contributed by atoms with Crippen LogP contribution < -0.4 is 16.3 Å². The van der Waals surface area contributed by atoms with Gasteiger partial charge in [0.25, 0.3) is 0 Å². The standard InChI is InChI=1S/C23H25FN8O2/c1-5-16(25-3)18-6-12(2)19(9-26-18)29-21-14(10-32(4)23(34)31-21)17-8-20(28-11-27-17)30-22(33)13-7-15(13)24/h6,8-11,13,15H,5,7H2,1-4H3,(H,29,31,34)(H,27,28,30,33). The van der Waals surface area contributed by atoms with Gasteiger partial charge in [0.1, 0.15) is 24.1 Å². The highest BCUT2D eigenvalue weighted by Crippen LogP contribution is 2.35. The van der Waals surface area contributed by atoms with Crippen LogP contribution in [0.3, 0.4) is 0 Å². The monoisotopic (exact) mass is 464 g/mol. The Balaban J connectivity index is 1.67. The Morgan fingerprint density at radius 3 is 2.71 bits per heavy atom. The second kappa shape index (κ2) is 9.46. The molecule has 3 aromatic heterocycles. The first-order valence-electron chi connectivity index (χ1n) is 10.9. The summed E-state index contributed by atoms with van der Waals surface area (Å²) in [4.78, 5) is 45.7. The van der Waals surface area contributed by atoms with E-state index in [1.54, 1.807) is 32.6 Å². The SMILES string of the molecule is CCC(=NC)c1cc(C)c(Nc2nc(=O)n(C)cc2-c2cc(NC(=O)C3CC3F)ncn2)cn1. The maximum atomic E-state index is 13.2. The molecule has 0 aliphatic heterocycles. The maximum absolute atomic E-state index is 13.2. The average molecular weight is 465 g/mol. The van der Waals surface area contributed by atoms with Crippen molar-refractivity contribution in [1.29, 1.82) is 0 Å². The molecular weight excluding hydrogens is 439 g/mol. The summed E-state index contributed by atoms with van der Waals surface area (Å²) in [7, 11) is 3.32. The minimum Gasteiger partial charge on any atom is -0.338 e. The summed E-state index contributed by atoms with van der Waals surface area (Å²) in [6, 6.07) is 3.48. The number of rotatable bonds is 7. The van der Waals surface area contributed by atoms with Crippen LogP contribution in [0.4, 0.5) is 21.7 Å². The fourth-order valence-electron chi connectivity index (χ4n) is 3.48. The van der Waals surface area contributed by atoms with E-state index in [0.29, 0.717) is 16.9 Å². The molecule has 1 saturated carbocycles. The van der Waals surface area contributed by atoms with E-state index in [1.807, 2.05) is 19.9 Å². The minimum absolute atomic E-state index is 0.221. The van der Waals surface area contributed by atoms with Gasteiger partial charge in [-0.2, -0.15) is 4.98 Å². The maximum Gasteiger partial charge on any atom is 0.349 e. The predicted molar refractivity (Wildman–Crippen MR) is 127 cm³/mol. The molecule has 10 nitrogen and oxygen atoms in total. The summed E-state index contributed by atoms with van der Waals surface area (Å²) in [5.41, 5.74) is 3.73. The van der Waals surface area contributed by atoms with Crippen molar-refractivity contribution in [2.75, 3.05) is 17.7 Å². The zero-order valence-electron chi connectivity index (χ0n) is 19.3. The Morgan fingerprint density at radius 1 is 1.29 bits per heavy atom. The van der Waals surface area contributed by atoms with Gasteiger partial charge in [-0.25, -0.2) is 19.2 Å². The molecule has 2 N–H and O–H groups in total. The number of pyridine rings is 1. The number of carbonyl (C=O) groups excluding carboxylic acids is 1. The Morgan fingerprint density at radius 2 is 2.06 bits per heavy atom. The van der Waals surface area contributed by atoms with E-state index in [9.17, 15) is 14.0 Å². The predicted octanol–water partition coefficient (Wildman–Crippen LogP) is 2.81. The second-order valence-electron chi connectivity index (χ2n) is 8.07. The number of halogens is 1. The number of carbonyl (C=O) groups is 1. The molecule has 0 radical (unpaired) electrons. The molecular formula is C23H25FN8O2. The van der Waals surface area contributed by atoms with Gasteiger partial charge in [0.2, 0.25) is 5.91 Å². The van der Waals surface area contributed by atoms with Crippen LogP contribution in [-0.4, -0.2) is 49.3 Å². The molecule has 0 aromatic carbocycles. The fourth-order valence-corrected chi connectivity index (χ4v) is 3.48. The number of aryl methyl sites for hydroxylation is 2. The molecule has 176 valence electrons. The van der Waals surface area contributed by atoms with Gasteiger partial charge in [-0.1, -0.05) is 6.92 Å². The third-order valence-corrected chi connectivity index (χ3v) is 5.60. The molecule has 0 bridgehead atoms. The zero-order valence-corrected chi connectivity index (χ0v) is 19.3. The van der Waals surface area contributed by atoms with Crippen molar-refractivity contribution in [3.63, 3.8) is 0 Å². The summed E-state index contributed by atoms with van der Waals surface area (Å²) in [5.74, 6) is -0.540. The number of hydrogen-bond acceptors (Lipinski definition) is 8. The van der Waals surface area contributed by atoms with Crippen molar-refractivity contribution in [3.05, 3.63) is 52.6 Å². The van der Waals surface area contributed by atoms with Crippen molar-refractivity contribution in [3.8, 4) is 11.3 Å². The summed E-state index contributed by atoms with van der Waals surface area (Å²) in [5, 5.41) is 5.80. The number of alkyl halides is 1. The molecule has 1 amide bonds. The van der Waals surface area contributed by atoms with Gasteiger partial charge in [-0.3, -0.25) is 14.8 Å². The second-order valence-corrected chi connectivity index (χ2v) is 8.07. The highest BCUT2D eigenvalue weighted by molar-refractivity contribution is 5.99. The first-order valence-corrected chi connectivity index (χ1v) is 10.9.